The maximum absolute atomic E-state index is 9.17. The highest BCUT2D eigenvalue weighted by Gasteiger charge is 2.52. The molecular formula is C16H20BNO2S. The van der Waals surface area contributed by atoms with Crippen LogP contribution in [0.5, 0.6) is 0 Å². The Morgan fingerprint density at radius 1 is 1.24 bits per heavy atom. The van der Waals surface area contributed by atoms with Gasteiger partial charge in [0, 0.05) is 5.75 Å². The van der Waals surface area contributed by atoms with E-state index in [4.69, 9.17) is 9.31 Å². The first kappa shape index (κ1) is 16.2. The molecule has 2 rings (SSSR count). The third-order valence-electron chi connectivity index (χ3n) is 4.16. The summed E-state index contributed by atoms with van der Waals surface area (Å²) >= 11 is 4.39. The van der Waals surface area contributed by atoms with Gasteiger partial charge in [0.1, 0.15) is 0 Å². The second-order valence-electron chi connectivity index (χ2n) is 6.16. The van der Waals surface area contributed by atoms with E-state index >= 15 is 0 Å². The third kappa shape index (κ3) is 3.18. The summed E-state index contributed by atoms with van der Waals surface area (Å²) in [7, 11) is -0.431. The lowest BCUT2D eigenvalue weighted by atomic mass is 9.78. The average molecular weight is 301 g/mol. The molecule has 0 radical (unpaired) electrons. The van der Waals surface area contributed by atoms with Gasteiger partial charge in [-0.25, -0.2) is 0 Å². The molecule has 0 aromatic heterocycles. The second-order valence-corrected chi connectivity index (χ2v) is 6.48. The molecule has 1 aliphatic heterocycles. The van der Waals surface area contributed by atoms with Crippen molar-refractivity contribution in [3.8, 4) is 6.07 Å². The van der Waals surface area contributed by atoms with Crippen LogP contribution < -0.4 is 0 Å². The largest absolute Gasteiger partial charge is 0.491 e. The van der Waals surface area contributed by atoms with Crippen LogP contribution in [0.3, 0.4) is 0 Å². The van der Waals surface area contributed by atoms with Crippen LogP contribution in [-0.4, -0.2) is 24.1 Å². The van der Waals surface area contributed by atoms with Crippen molar-refractivity contribution < 1.29 is 9.31 Å². The minimum absolute atomic E-state index is 0.381. The van der Waals surface area contributed by atoms with Crippen molar-refractivity contribution in [2.75, 3.05) is 5.75 Å². The van der Waals surface area contributed by atoms with Crippen molar-refractivity contribution in [3.63, 3.8) is 0 Å². The first-order valence-corrected chi connectivity index (χ1v) is 7.60. The van der Waals surface area contributed by atoms with Crippen molar-refractivity contribution in [3.05, 3.63) is 40.9 Å². The molecule has 5 heteroatoms. The van der Waals surface area contributed by atoms with E-state index in [1.54, 1.807) is 6.07 Å². The van der Waals surface area contributed by atoms with E-state index in [0.29, 0.717) is 11.3 Å². The molecule has 3 nitrogen and oxygen atoms in total. The number of hydrogen-bond acceptors (Lipinski definition) is 4. The summed E-state index contributed by atoms with van der Waals surface area (Å²) < 4.78 is 12.1. The van der Waals surface area contributed by atoms with E-state index in [0.717, 1.165) is 11.0 Å². The molecule has 21 heavy (non-hydrogen) atoms. The Hall–Kier alpha value is -1.22. The lowest BCUT2D eigenvalue weighted by molar-refractivity contribution is 0.00578. The van der Waals surface area contributed by atoms with Gasteiger partial charge in [0.15, 0.2) is 0 Å². The normalized spacial score (nSPS) is 20.4. The van der Waals surface area contributed by atoms with Crippen molar-refractivity contribution >= 4 is 25.8 Å². The van der Waals surface area contributed by atoms with Gasteiger partial charge < -0.3 is 9.31 Å². The maximum atomic E-state index is 9.17. The number of rotatable bonds is 3. The molecule has 1 aromatic rings. The van der Waals surface area contributed by atoms with Crippen molar-refractivity contribution in [1.82, 2.24) is 0 Å². The zero-order valence-corrected chi connectivity index (χ0v) is 13.8. The molecule has 1 saturated heterocycles. The van der Waals surface area contributed by atoms with Crippen LogP contribution in [0.15, 0.2) is 29.7 Å². The summed E-state index contributed by atoms with van der Waals surface area (Å²) in [6.45, 7) is 8.08. The lowest BCUT2D eigenvalue weighted by Gasteiger charge is -2.32. The van der Waals surface area contributed by atoms with E-state index in [9.17, 15) is 5.26 Å². The Labute approximate surface area is 132 Å². The fourth-order valence-corrected chi connectivity index (χ4v) is 2.35. The standard InChI is InChI=1S/C16H20BNO2S/c1-15(2)16(3,4)20-17(19-15)14(11-21)9-12-7-5-6-8-13(12)10-18/h5-9,21H,11H2,1-4H3. The number of nitriles is 1. The molecule has 1 aliphatic rings. The van der Waals surface area contributed by atoms with Gasteiger partial charge in [-0.2, -0.15) is 17.9 Å². The van der Waals surface area contributed by atoms with Crippen molar-refractivity contribution in [2.45, 2.75) is 38.9 Å². The Kier molecular flexibility index (Phi) is 4.53. The van der Waals surface area contributed by atoms with Gasteiger partial charge in [-0.15, -0.1) is 0 Å². The zero-order valence-electron chi connectivity index (χ0n) is 12.9. The van der Waals surface area contributed by atoms with Gasteiger partial charge in [0.25, 0.3) is 0 Å². The highest BCUT2D eigenvalue weighted by molar-refractivity contribution is 7.80. The van der Waals surface area contributed by atoms with Crippen molar-refractivity contribution in [1.29, 1.82) is 5.26 Å². The molecule has 0 N–H and O–H groups in total. The van der Waals surface area contributed by atoms with Crippen LogP contribution in [0.25, 0.3) is 6.08 Å². The summed E-state index contributed by atoms with van der Waals surface area (Å²) in [5.41, 5.74) is 1.65. The lowest BCUT2D eigenvalue weighted by Crippen LogP contribution is -2.41. The number of benzene rings is 1. The smallest absolute Gasteiger partial charge is 0.400 e. The van der Waals surface area contributed by atoms with Crippen LogP contribution in [0.1, 0.15) is 38.8 Å². The predicted molar refractivity (Wildman–Crippen MR) is 89.1 cm³/mol. The number of nitrogens with zero attached hydrogens (tertiary/aromatic N) is 1. The van der Waals surface area contributed by atoms with E-state index in [2.05, 4.69) is 18.7 Å². The molecule has 1 fully saturated rings. The quantitative estimate of drug-likeness (QED) is 0.686. The van der Waals surface area contributed by atoms with E-state index < -0.39 is 7.12 Å². The minimum Gasteiger partial charge on any atom is -0.400 e. The molecule has 0 atom stereocenters. The summed E-state index contributed by atoms with van der Waals surface area (Å²) in [5.74, 6) is 0.511. The molecule has 1 aromatic carbocycles. The maximum Gasteiger partial charge on any atom is 0.491 e. The first-order valence-electron chi connectivity index (χ1n) is 6.97. The van der Waals surface area contributed by atoms with Gasteiger partial charge in [-0.1, -0.05) is 24.3 Å². The molecule has 0 spiro atoms. The van der Waals surface area contributed by atoms with Crippen LogP contribution in [0, 0.1) is 11.3 Å². The van der Waals surface area contributed by atoms with Gasteiger partial charge in [0.05, 0.1) is 22.8 Å². The Morgan fingerprint density at radius 2 is 1.81 bits per heavy atom. The molecular weight excluding hydrogens is 281 g/mol. The molecule has 0 amide bonds. The Balaban J connectivity index is 2.34. The zero-order chi connectivity index (χ0) is 15.7. The fourth-order valence-electron chi connectivity index (χ4n) is 2.11. The summed E-state index contributed by atoms with van der Waals surface area (Å²) in [6, 6.07) is 9.67. The van der Waals surface area contributed by atoms with E-state index in [1.807, 2.05) is 52.0 Å². The highest BCUT2D eigenvalue weighted by Crippen LogP contribution is 2.39. The SMILES string of the molecule is CC1(C)OB(C(=Cc2ccccc2C#N)CS)OC1(C)C. The number of hydrogen-bond donors (Lipinski definition) is 1. The summed E-state index contributed by atoms with van der Waals surface area (Å²) in [6.07, 6.45) is 1.94. The minimum atomic E-state index is -0.431. The fraction of sp³-hybridized carbons (Fsp3) is 0.438. The van der Waals surface area contributed by atoms with Crippen LogP contribution >= 0.6 is 12.6 Å². The van der Waals surface area contributed by atoms with Gasteiger partial charge in [-0.05, 0) is 44.8 Å². The van der Waals surface area contributed by atoms with Crippen LogP contribution in [0.4, 0.5) is 0 Å². The summed E-state index contributed by atoms with van der Waals surface area (Å²) in [5, 5.41) is 9.17. The van der Waals surface area contributed by atoms with Crippen LogP contribution in [-0.2, 0) is 9.31 Å². The van der Waals surface area contributed by atoms with Gasteiger partial charge >= 0.3 is 7.12 Å². The molecule has 0 unspecified atom stereocenters. The molecule has 0 aliphatic carbocycles. The van der Waals surface area contributed by atoms with Gasteiger partial charge in [0.2, 0.25) is 0 Å². The monoisotopic (exact) mass is 301 g/mol. The molecule has 110 valence electrons. The average Bonchev–Trinajstić information content (AvgIpc) is 2.65. The van der Waals surface area contributed by atoms with E-state index in [1.165, 1.54) is 0 Å². The molecule has 1 heterocycles. The third-order valence-corrected chi connectivity index (χ3v) is 4.53. The highest BCUT2D eigenvalue weighted by atomic mass is 32.1. The van der Waals surface area contributed by atoms with Crippen LogP contribution in [0.2, 0.25) is 0 Å². The first-order chi connectivity index (χ1) is 9.80. The molecule has 0 bridgehead atoms. The Bertz CT molecular complexity index is 589. The predicted octanol–water partition coefficient (Wildman–Crippen LogP) is 3.50. The Morgan fingerprint density at radius 3 is 2.33 bits per heavy atom. The van der Waals surface area contributed by atoms with Crippen molar-refractivity contribution in [2.24, 2.45) is 0 Å². The topological polar surface area (TPSA) is 42.2 Å². The second kappa shape index (κ2) is 5.88. The molecule has 0 saturated carbocycles. The summed E-state index contributed by atoms with van der Waals surface area (Å²) in [4.78, 5) is 0. The number of thiol groups is 1. The van der Waals surface area contributed by atoms with E-state index in [-0.39, 0.29) is 11.2 Å². The van der Waals surface area contributed by atoms with Gasteiger partial charge in [-0.3, -0.25) is 0 Å².